The fourth-order valence-electron chi connectivity index (χ4n) is 2.15. The van der Waals surface area contributed by atoms with E-state index in [9.17, 15) is 9.18 Å². The van der Waals surface area contributed by atoms with E-state index >= 15 is 0 Å². The molecule has 0 aromatic carbocycles. The SMILES string of the molecule is CC(F)C(CC(=O)O)C1CCCNC1. The highest BCUT2D eigenvalue weighted by molar-refractivity contribution is 5.67. The van der Waals surface area contributed by atoms with E-state index in [1.165, 1.54) is 6.92 Å². The van der Waals surface area contributed by atoms with E-state index in [4.69, 9.17) is 5.11 Å². The largest absolute Gasteiger partial charge is 0.481 e. The second kappa shape index (κ2) is 5.29. The number of hydrogen-bond donors (Lipinski definition) is 2. The summed E-state index contributed by atoms with van der Waals surface area (Å²) in [5, 5.41) is 11.9. The van der Waals surface area contributed by atoms with Crippen LogP contribution in [0.1, 0.15) is 26.2 Å². The molecular weight excluding hydrogens is 185 g/mol. The first kappa shape index (κ1) is 11.4. The number of halogens is 1. The Bertz CT molecular complexity index is 191. The summed E-state index contributed by atoms with van der Waals surface area (Å²) < 4.78 is 13.2. The standard InChI is InChI=1S/C10H18FNO2/c1-7(11)9(5-10(13)14)8-3-2-4-12-6-8/h7-9,12H,2-6H2,1H3,(H,13,14). The van der Waals surface area contributed by atoms with Crippen LogP contribution in [0.25, 0.3) is 0 Å². The normalized spacial score (nSPS) is 26.9. The van der Waals surface area contributed by atoms with Crippen LogP contribution in [-0.4, -0.2) is 30.3 Å². The summed E-state index contributed by atoms with van der Waals surface area (Å²) >= 11 is 0. The summed E-state index contributed by atoms with van der Waals surface area (Å²) in [6.45, 7) is 3.19. The number of alkyl halides is 1. The Balaban J connectivity index is 2.51. The van der Waals surface area contributed by atoms with Crippen molar-refractivity contribution in [2.75, 3.05) is 13.1 Å². The molecule has 0 saturated carbocycles. The monoisotopic (exact) mass is 203 g/mol. The average Bonchev–Trinajstić information content (AvgIpc) is 2.15. The molecule has 0 aliphatic carbocycles. The van der Waals surface area contributed by atoms with Crippen LogP contribution in [0.5, 0.6) is 0 Å². The third kappa shape index (κ3) is 3.25. The third-order valence-corrected chi connectivity index (χ3v) is 2.94. The predicted molar refractivity (Wildman–Crippen MR) is 51.9 cm³/mol. The van der Waals surface area contributed by atoms with Crippen LogP contribution < -0.4 is 5.32 Å². The molecule has 1 aliphatic heterocycles. The molecule has 0 aromatic rings. The molecule has 1 heterocycles. The van der Waals surface area contributed by atoms with Crippen molar-refractivity contribution in [3.05, 3.63) is 0 Å². The minimum absolute atomic E-state index is 0.0516. The predicted octanol–water partition coefficient (Wildman–Crippen LogP) is 1.43. The fourth-order valence-corrected chi connectivity index (χ4v) is 2.15. The maximum Gasteiger partial charge on any atom is 0.303 e. The van der Waals surface area contributed by atoms with Crippen molar-refractivity contribution in [2.24, 2.45) is 11.8 Å². The van der Waals surface area contributed by atoms with Crippen LogP contribution in [0.2, 0.25) is 0 Å². The first-order chi connectivity index (χ1) is 6.61. The second-order valence-electron chi connectivity index (χ2n) is 4.05. The molecule has 2 N–H and O–H groups in total. The Hall–Kier alpha value is -0.640. The van der Waals surface area contributed by atoms with Crippen molar-refractivity contribution in [3.63, 3.8) is 0 Å². The smallest absolute Gasteiger partial charge is 0.303 e. The van der Waals surface area contributed by atoms with E-state index < -0.39 is 12.1 Å². The van der Waals surface area contributed by atoms with Gasteiger partial charge in [-0.2, -0.15) is 0 Å². The van der Waals surface area contributed by atoms with Crippen LogP contribution in [-0.2, 0) is 4.79 Å². The number of hydrogen-bond acceptors (Lipinski definition) is 2. The molecule has 0 spiro atoms. The Morgan fingerprint density at radius 1 is 1.71 bits per heavy atom. The Morgan fingerprint density at radius 2 is 2.43 bits per heavy atom. The lowest BCUT2D eigenvalue weighted by Gasteiger charge is -2.30. The minimum atomic E-state index is -1.03. The van der Waals surface area contributed by atoms with Crippen LogP contribution >= 0.6 is 0 Å². The van der Waals surface area contributed by atoms with Crippen molar-refractivity contribution >= 4 is 5.97 Å². The summed E-state index contributed by atoms with van der Waals surface area (Å²) in [6, 6.07) is 0. The first-order valence-corrected chi connectivity index (χ1v) is 5.18. The molecule has 1 rings (SSSR count). The van der Waals surface area contributed by atoms with E-state index in [0.717, 1.165) is 25.9 Å². The van der Waals surface area contributed by atoms with Gasteiger partial charge >= 0.3 is 5.97 Å². The Morgan fingerprint density at radius 3 is 2.86 bits per heavy atom. The number of carbonyl (C=O) groups is 1. The Kier molecular flexibility index (Phi) is 4.32. The van der Waals surface area contributed by atoms with Crippen molar-refractivity contribution in [1.82, 2.24) is 5.32 Å². The van der Waals surface area contributed by atoms with Gasteiger partial charge in [0.25, 0.3) is 0 Å². The van der Waals surface area contributed by atoms with Crippen LogP contribution in [0.4, 0.5) is 4.39 Å². The van der Waals surface area contributed by atoms with Gasteiger partial charge in [-0.05, 0) is 38.8 Å². The van der Waals surface area contributed by atoms with E-state index in [-0.39, 0.29) is 18.3 Å². The van der Waals surface area contributed by atoms with Crippen molar-refractivity contribution < 1.29 is 14.3 Å². The quantitative estimate of drug-likeness (QED) is 0.726. The fraction of sp³-hybridized carbons (Fsp3) is 0.900. The van der Waals surface area contributed by atoms with Gasteiger partial charge in [0.1, 0.15) is 6.17 Å². The van der Waals surface area contributed by atoms with E-state index in [0.29, 0.717) is 0 Å². The highest BCUT2D eigenvalue weighted by atomic mass is 19.1. The van der Waals surface area contributed by atoms with Gasteiger partial charge in [0.15, 0.2) is 0 Å². The van der Waals surface area contributed by atoms with Crippen LogP contribution in [0.3, 0.4) is 0 Å². The average molecular weight is 203 g/mol. The molecule has 0 aromatic heterocycles. The van der Waals surface area contributed by atoms with E-state index in [2.05, 4.69) is 5.32 Å². The molecule has 0 radical (unpaired) electrons. The van der Waals surface area contributed by atoms with Gasteiger partial charge in [0.2, 0.25) is 0 Å². The van der Waals surface area contributed by atoms with Crippen LogP contribution in [0.15, 0.2) is 0 Å². The lowest BCUT2D eigenvalue weighted by molar-refractivity contribution is -0.139. The molecule has 82 valence electrons. The number of nitrogens with one attached hydrogen (secondary N) is 1. The lowest BCUT2D eigenvalue weighted by atomic mass is 9.81. The number of piperidine rings is 1. The molecule has 4 heteroatoms. The summed E-state index contributed by atoms with van der Waals surface area (Å²) in [7, 11) is 0. The molecule has 1 aliphatic rings. The zero-order chi connectivity index (χ0) is 10.6. The van der Waals surface area contributed by atoms with Gasteiger partial charge in [0, 0.05) is 5.92 Å². The second-order valence-corrected chi connectivity index (χ2v) is 4.05. The molecule has 14 heavy (non-hydrogen) atoms. The van der Waals surface area contributed by atoms with Gasteiger partial charge in [-0.25, -0.2) is 4.39 Å². The summed E-state index contributed by atoms with van der Waals surface area (Å²) in [5.74, 6) is -1.05. The van der Waals surface area contributed by atoms with Crippen LogP contribution in [0, 0.1) is 11.8 Å². The number of carboxylic acids is 1. The van der Waals surface area contributed by atoms with Crippen molar-refractivity contribution in [1.29, 1.82) is 0 Å². The maximum atomic E-state index is 13.2. The van der Waals surface area contributed by atoms with Crippen molar-refractivity contribution in [3.8, 4) is 0 Å². The topological polar surface area (TPSA) is 49.3 Å². The summed E-state index contributed by atoms with van der Waals surface area (Å²) in [6.07, 6.45) is 0.882. The minimum Gasteiger partial charge on any atom is -0.481 e. The maximum absolute atomic E-state index is 13.2. The highest BCUT2D eigenvalue weighted by Crippen LogP contribution is 2.27. The number of carboxylic acid groups (broad SMARTS) is 1. The van der Waals surface area contributed by atoms with Gasteiger partial charge in [-0.15, -0.1) is 0 Å². The highest BCUT2D eigenvalue weighted by Gasteiger charge is 2.29. The lowest BCUT2D eigenvalue weighted by Crippen LogP contribution is -2.37. The van der Waals surface area contributed by atoms with Gasteiger partial charge < -0.3 is 10.4 Å². The van der Waals surface area contributed by atoms with Gasteiger partial charge in [-0.1, -0.05) is 0 Å². The van der Waals surface area contributed by atoms with Crippen molar-refractivity contribution in [2.45, 2.75) is 32.4 Å². The summed E-state index contributed by atoms with van der Waals surface area (Å²) in [4.78, 5) is 10.6. The summed E-state index contributed by atoms with van der Waals surface area (Å²) in [5.41, 5.74) is 0. The molecule has 0 amide bonds. The molecule has 3 nitrogen and oxygen atoms in total. The molecule has 3 atom stereocenters. The van der Waals surface area contributed by atoms with Gasteiger partial charge in [-0.3, -0.25) is 4.79 Å². The Labute approximate surface area is 83.7 Å². The van der Waals surface area contributed by atoms with E-state index in [1.807, 2.05) is 0 Å². The zero-order valence-corrected chi connectivity index (χ0v) is 8.50. The molecular formula is C10H18FNO2. The third-order valence-electron chi connectivity index (χ3n) is 2.94. The number of aliphatic carboxylic acids is 1. The molecule has 1 fully saturated rings. The van der Waals surface area contributed by atoms with E-state index in [1.54, 1.807) is 0 Å². The molecule has 0 bridgehead atoms. The van der Waals surface area contributed by atoms with Gasteiger partial charge in [0.05, 0.1) is 6.42 Å². The first-order valence-electron chi connectivity index (χ1n) is 5.18. The number of rotatable bonds is 4. The zero-order valence-electron chi connectivity index (χ0n) is 8.50. The molecule has 3 unspecified atom stereocenters. The molecule has 1 saturated heterocycles.